The topological polar surface area (TPSA) is 132 Å². The average Bonchev–Trinajstić information content (AvgIpc) is 2.40. The molecule has 2 rings (SSSR count). The van der Waals surface area contributed by atoms with Crippen LogP contribution in [-0.4, -0.2) is 27.0 Å². The zero-order valence-corrected chi connectivity index (χ0v) is 10.3. The van der Waals surface area contributed by atoms with Crippen molar-refractivity contribution in [2.75, 3.05) is 5.32 Å². The number of anilines is 1. The van der Waals surface area contributed by atoms with Crippen molar-refractivity contribution in [1.82, 2.24) is 9.97 Å². The third-order valence-electron chi connectivity index (χ3n) is 2.55. The Bertz CT molecular complexity index is 839. The molecule has 0 fully saturated rings. The van der Waals surface area contributed by atoms with Gasteiger partial charge in [-0.1, -0.05) is 6.07 Å². The summed E-state index contributed by atoms with van der Waals surface area (Å²) in [6, 6.07) is 3.22. The molecule has 2 aromatic rings. The number of carbonyl (C=O) groups is 2. The summed E-state index contributed by atoms with van der Waals surface area (Å²) in [5.74, 6) is -3.47. The molecule has 9 heteroatoms. The van der Waals surface area contributed by atoms with Crippen LogP contribution in [0, 0.1) is 5.82 Å². The van der Waals surface area contributed by atoms with Crippen molar-refractivity contribution >= 4 is 17.6 Å². The zero-order chi connectivity index (χ0) is 15.6. The van der Waals surface area contributed by atoms with Crippen LogP contribution in [0.15, 0.2) is 34.0 Å². The Labute approximate surface area is 115 Å². The summed E-state index contributed by atoms with van der Waals surface area (Å²) in [5, 5.41) is 10.9. The smallest absolute Gasteiger partial charge is 0.337 e. The van der Waals surface area contributed by atoms with E-state index in [1.54, 1.807) is 0 Å². The summed E-state index contributed by atoms with van der Waals surface area (Å²) in [4.78, 5) is 49.0. The second kappa shape index (κ2) is 5.41. The van der Waals surface area contributed by atoms with E-state index in [0.29, 0.717) is 0 Å². The first-order chi connectivity index (χ1) is 9.90. The van der Waals surface area contributed by atoms with E-state index in [9.17, 15) is 23.6 Å². The van der Waals surface area contributed by atoms with Crippen LogP contribution in [0.3, 0.4) is 0 Å². The lowest BCUT2D eigenvalue weighted by Gasteiger charge is -2.08. The minimum absolute atomic E-state index is 0.468. The van der Waals surface area contributed by atoms with Crippen LogP contribution in [-0.2, 0) is 0 Å². The summed E-state index contributed by atoms with van der Waals surface area (Å²) in [6.07, 6.45) is 0.845. The number of carboxylic acids is 1. The standard InChI is InChI=1S/C12H8FN3O5/c13-7-3-1-2-5(11(19)20)8(7)15-9(17)6-4-14-12(21)16-10(6)18/h1-4H,(H,15,17)(H,19,20)(H2,14,16,18,21). The zero-order valence-electron chi connectivity index (χ0n) is 10.3. The predicted molar refractivity (Wildman–Crippen MR) is 69.0 cm³/mol. The van der Waals surface area contributed by atoms with Crippen LogP contribution >= 0.6 is 0 Å². The van der Waals surface area contributed by atoms with Gasteiger partial charge in [-0.25, -0.2) is 14.0 Å². The lowest BCUT2D eigenvalue weighted by atomic mass is 10.1. The fraction of sp³-hybridized carbons (Fsp3) is 0. The summed E-state index contributed by atoms with van der Waals surface area (Å²) < 4.78 is 13.6. The van der Waals surface area contributed by atoms with Crippen molar-refractivity contribution in [3.63, 3.8) is 0 Å². The molecule has 21 heavy (non-hydrogen) atoms. The van der Waals surface area contributed by atoms with E-state index in [1.807, 2.05) is 10.3 Å². The van der Waals surface area contributed by atoms with E-state index in [-0.39, 0.29) is 0 Å². The maximum absolute atomic E-state index is 13.6. The van der Waals surface area contributed by atoms with Crippen molar-refractivity contribution in [2.45, 2.75) is 0 Å². The minimum atomic E-state index is -1.44. The Balaban J connectivity index is 2.43. The molecule has 108 valence electrons. The molecule has 1 aromatic carbocycles. The first-order valence-electron chi connectivity index (χ1n) is 5.55. The number of hydrogen-bond donors (Lipinski definition) is 4. The van der Waals surface area contributed by atoms with Crippen LogP contribution in [0.2, 0.25) is 0 Å². The predicted octanol–water partition coefficient (Wildman–Crippen LogP) is 0.153. The number of H-pyrrole nitrogens is 2. The maximum atomic E-state index is 13.6. The molecule has 0 saturated carbocycles. The molecule has 0 aliphatic heterocycles. The van der Waals surface area contributed by atoms with Crippen molar-refractivity contribution in [3.8, 4) is 0 Å². The van der Waals surface area contributed by atoms with Gasteiger partial charge in [0.2, 0.25) is 0 Å². The molecule has 0 spiro atoms. The van der Waals surface area contributed by atoms with Gasteiger partial charge < -0.3 is 15.4 Å². The molecule has 0 aliphatic rings. The lowest BCUT2D eigenvalue weighted by molar-refractivity contribution is 0.0697. The van der Waals surface area contributed by atoms with Crippen LogP contribution in [0.4, 0.5) is 10.1 Å². The number of para-hydroxylation sites is 1. The second-order valence-corrected chi connectivity index (χ2v) is 3.91. The highest BCUT2D eigenvalue weighted by Crippen LogP contribution is 2.20. The number of amides is 1. The summed E-state index contributed by atoms with van der Waals surface area (Å²) >= 11 is 0. The largest absolute Gasteiger partial charge is 0.478 e. The maximum Gasteiger partial charge on any atom is 0.337 e. The molecule has 1 heterocycles. The number of aromatic carboxylic acids is 1. The molecule has 0 radical (unpaired) electrons. The normalized spacial score (nSPS) is 10.1. The van der Waals surface area contributed by atoms with Gasteiger partial charge in [0.15, 0.2) is 0 Å². The molecular formula is C12H8FN3O5. The molecule has 4 N–H and O–H groups in total. The van der Waals surface area contributed by atoms with E-state index in [2.05, 4.69) is 4.98 Å². The van der Waals surface area contributed by atoms with Crippen molar-refractivity contribution < 1.29 is 19.1 Å². The van der Waals surface area contributed by atoms with Crippen LogP contribution < -0.4 is 16.6 Å². The molecule has 0 saturated heterocycles. The number of carbonyl (C=O) groups excluding carboxylic acids is 1. The summed E-state index contributed by atoms with van der Waals surface area (Å²) in [7, 11) is 0. The Hall–Kier alpha value is -3.23. The van der Waals surface area contributed by atoms with Crippen molar-refractivity contribution in [2.24, 2.45) is 0 Å². The number of carboxylic acid groups (broad SMARTS) is 1. The third kappa shape index (κ3) is 2.86. The molecule has 0 atom stereocenters. The van der Waals surface area contributed by atoms with E-state index in [0.717, 1.165) is 18.3 Å². The molecule has 1 aromatic heterocycles. The molecule has 0 bridgehead atoms. The van der Waals surface area contributed by atoms with Crippen LogP contribution in [0.5, 0.6) is 0 Å². The number of hydrogen-bond acceptors (Lipinski definition) is 4. The summed E-state index contributed by atoms with van der Waals surface area (Å²) in [6.45, 7) is 0. The van der Waals surface area contributed by atoms with E-state index in [4.69, 9.17) is 5.11 Å². The van der Waals surface area contributed by atoms with Gasteiger partial charge >= 0.3 is 11.7 Å². The first kappa shape index (κ1) is 14.2. The molecule has 1 amide bonds. The van der Waals surface area contributed by atoms with Gasteiger partial charge in [-0.05, 0) is 12.1 Å². The van der Waals surface area contributed by atoms with Crippen LogP contribution in [0.1, 0.15) is 20.7 Å². The Kier molecular flexibility index (Phi) is 3.65. The Morgan fingerprint density at radius 3 is 2.52 bits per heavy atom. The van der Waals surface area contributed by atoms with E-state index >= 15 is 0 Å². The molecular weight excluding hydrogens is 285 g/mol. The fourth-order valence-corrected chi connectivity index (χ4v) is 1.59. The van der Waals surface area contributed by atoms with Gasteiger partial charge in [-0.3, -0.25) is 14.6 Å². The average molecular weight is 293 g/mol. The number of halogens is 1. The fourth-order valence-electron chi connectivity index (χ4n) is 1.59. The Morgan fingerprint density at radius 1 is 1.19 bits per heavy atom. The minimum Gasteiger partial charge on any atom is -0.478 e. The van der Waals surface area contributed by atoms with Gasteiger partial charge in [0.05, 0.1) is 11.3 Å². The molecule has 0 aliphatic carbocycles. The van der Waals surface area contributed by atoms with Gasteiger partial charge in [-0.2, -0.15) is 0 Å². The molecule has 0 unspecified atom stereocenters. The van der Waals surface area contributed by atoms with Crippen molar-refractivity contribution in [1.29, 1.82) is 0 Å². The number of aromatic amines is 2. The lowest BCUT2D eigenvalue weighted by Crippen LogP contribution is -2.30. The number of benzene rings is 1. The third-order valence-corrected chi connectivity index (χ3v) is 2.55. The monoisotopic (exact) mass is 293 g/mol. The van der Waals surface area contributed by atoms with Gasteiger partial charge in [0.1, 0.15) is 11.4 Å². The SMILES string of the molecule is O=C(O)c1cccc(F)c1NC(=O)c1c[nH]c(=O)[nH]c1=O. The molecule has 8 nitrogen and oxygen atoms in total. The Morgan fingerprint density at radius 2 is 1.90 bits per heavy atom. The van der Waals surface area contributed by atoms with Crippen molar-refractivity contribution in [3.05, 3.63) is 62.2 Å². The van der Waals surface area contributed by atoms with E-state index in [1.165, 1.54) is 6.07 Å². The van der Waals surface area contributed by atoms with Gasteiger partial charge in [-0.15, -0.1) is 0 Å². The highest BCUT2D eigenvalue weighted by molar-refractivity contribution is 6.07. The summed E-state index contributed by atoms with van der Waals surface area (Å²) in [5.41, 5.74) is -3.32. The highest BCUT2D eigenvalue weighted by atomic mass is 19.1. The first-order valence-corrected chi connectivity index (χ1v) is 5.55. The van der Waals surface area contributed by atoms with Crippen LogP contribution in [0.25, 0.3) is 0 Å². The second-order valence-electron chi connectivity index (χ2n) is 3.91. The van der Waals surface area contributed by atoms with Gasteiger partial charge in [0.25, 0.3) is 11.5 Å². The highest BCUT2D eigenvalue weighted by Gasteiger charge is 2.19. The number of rotatable bonds is 3. The number of aromatic nitrogens is 2. The van der Waals surface area contributed by atoms with Gasteiger partial charge in [0, 0.05) is 6.20 Å². The van der Waals surface area contributed by atoms with E-state index < -0.39 is 45.8 Å². The number of nitrogens with one attached hydrogen (secondary N) is 3. The quantitative estimate of drug-likeness (QED) is 0.639.